The third kappa shape index (κ3) is 6.23. The number of likely N-dealkylation sites (tertiary alicyclic amines) is 1. The molecule has 2 N–H and O–H groups in total. The third-order valence-corrected chi connectivity index (χ3v) is 4.70. The maximum absolute atomic E-state index is 5.34. The van der Waals surface area contributed by atoms with Gasteiger partial charge in [0.1, 0.15) is 0 Å². The Balaban J connectivity index is 1.63. The van der Waals surface area contributed by atoms with E-state index in [1.807, 2.05) is 24.3 Å². The number of thiocarbonyl (C=S) groups is 1. The topological polar surface area (TPSA) is 27.3 Å². The lowest BCUT2D eigenvalue weighted by molar-refractivity contribution is 0.140. The van der Waals surface area contributed by atoms with Crippen LogP contribution < -0.4 is 10.6 Å². The summed E-state index contributed by atoms with van der Waals surface area (Å²) >= 11 is 8.80. The number of hydrogen-bond acceptors (Lipinski definition) is 2. The first-order valence-corrected chi connectivity index (χ1v) is 9.26. The second-order valence-corrected chi connectivity index (χ2v) is 7.77. The first-order chi connectivity index (χ1) is 10.5. The van der Waals surface area contributed by atoms with E-state index in [1.54, 1.807) is 0 Å². The molecule has 0 aliphatic carbocycles. The fraction of sp³-hybridized carbons (Fsp3) is 0.588. The molecule has 0 bridgehead atoms. The zero-order chi connectivity index (χ0) is 15.9. The molecule has 1 aliphatic rings. The van der Waals surface area contributed by atoms with E-state index in [0.29, 0.717) is 5.11 Å². The number of nitrogens with one attached hydrogen (secondary N) is 2. The Morgan fingerprint density at radius 3 is 2.73 bits per heavy atom. The molecule has 122 valence electrons. The molecule has 1 aromatic rings. The summed E-state index contributed by atoms with van der Waals surface area (Å²) in [6, 6.07) is 8.02. The van der Waals surface area contributed by atoms with Gasteiger partial charge in [0, 0.05) is 29.8 Å². The minimum atomic E-state index is 0.693. The summed E-state index contributed by atoms with van der Waals surface area (Å²) in [7, 11) is 0. The lowest BCUT2D eigenvalue weighted by atomic mass is 9.92. The van der Waals surface area contributed by atoms with Gasteiger partial charge in [-0.25, -0.2) is 0 Å². The molecule has 0 saturated carbocycles. The molecule has 0 aromatic heterocycles. The van der Waals surface area contributed by atoms with Crippen molar-refractivity contribution in [3.8, 4) is 0 Å². The SMILES string of the molecule is C[C@H]1C[C@H](C)CN(CCCNC(=S)Nc2cccc(Br)c2)C1. The van der Waals surface area contributed by atoms with Crippen LogP contribution in [0.15, 0.2) is 28.7 Å². The highest BCUT2D eigenvalue weighted by Crippen LogP contribution is 2.20. The van der Waals surface area contributed by atoms with Gasteiger partial charge in [0.05, 0.1) is 0 Å². The van der Waals surface area contributed by atoms with Crippen LogP contribution in [-0.2, 0) is 0 Å². The van der Waals surface area contributed by atoms with Crippen molar-refractivity contribution in [2.24, 2.45) is 11.8 Å². The molecule has 1 saturated heterocycles. The molecular weight excluding hydrogens is 358 g/mol. The standard InChI is InChI=1S/C17H26BrN3S/c1-13-9-14(2)12-21(11-13)8-4-7-19-17(22)20-16-6-3-5-15(18)10-16/h3,5-6,10,13-14H,4,7-9,11-12H2,1-2H3,(H2,19,20,22)/t13-,14-/m0/s1. The highest BCUT2D eigenvalue weighted by atomic mass is 79.9. The van der Waals surface area contributed by atoms with E-state index in [9.17, 15) is 0 Å². The zero-order valence-electron chi connectivity index (χ0n) is 13.4. The molecule has 5 heteroatoms. The highest BCUT2D eigenvalue weighted by molar-refractivity contribution is 9.10. The molecular formula is C17H26BrN3S. The number of rotatable bonds is 5. The van der Waals surface area contributed by atoms with Crippen LogP contribution in [-0.4, -0.2) is 36.2 Å². The summed E-state index contributed by atoms with van der Waals surface area (Å²) in [4.78, 5) is 2.59. The normalized spacial score (nSPS) is 22.3. The average molecular weight is 384 g/mol. The molecule has 1 fully saturated rings. The van der Waals surface area contributed by atoms with E-state index in [0.717, 1.165) is 41.5 Å². The van der Waals surface area contributed by atoms with Gasteiger partial charge >= 0.3 is 0 Å². The van der Waals surface area contributed by atoms with Gasteiger partial charge in [0.15, 0.2) is 5.11 Å². The fourth-order valence-corrected chi connectivity index (χ4v) is 3.84. The van der Waals surface area contributed by atoms with Crippen LogP contribution in [0.1, 0.15) is 26.7 Å². The van der Waals surface area contributed by atoms with Gasteiger partial charge in [-0.3, -0.25) is 0 Å². The molecule has 1 aromatic carbocycles. The van der Waals surface area contributed by atoms with Crippen molar-refractivity contribution in [1.82, 2.24) is 10.2 Å². The number of nitrogens with zero attached hydrogens (tertiary/aromatic N) is 1. The van der Waals surface area contributed by atoms with E-state index in [-0.39, 0.29) is 0 Å². The van der Waals surface area contributed by atoms with Crippen LogP contribution in [0, 0.1) is 11.8 Å². The summed E-state index contributed by atoms with van der Waals surface area (Å²) in [6.45, 7) is 9.27. The Morgan fingerprint density at radius 2 is 2.05 bits per heavy atom. The second-order valence-electron chi connectivity index (χ2n) is 6.45. The molecule has 22 heavy (non-hydrogen) atoms. The molecule has 0 amide bonds. The predicted octanol–water partition coefficient (Wildman–Crippen LogP) is 4.10. The summed E-state index contributed by atoms with van der Waals surface area (Å²) in [5.41, 5.74) is 1.01. The summed E-state index contributed by atoms with van der Waals surface area (Å²) in [5.74, 6) is 1.66. The second kappa shape index (κ2) is 8.85. The van der Waals surface area contributed by atoms with Crippen molar-refractivity contribution in [3.05, 3.63) is 28.7 Å². The van der Waals surface area contributed by atoms with Crippen molar-refractivity contribution in [2.75, 3.05) is 31.5 Å². The predicted molar refractivity (Wildman–Crippen MR) is 102 cm³/mol. The van der Waals surface area contributed by atoms with Crippen molar-refractivity contribution in [3.63, 3.8) is 0 Å². The van der Waals surface area contributed by atoms with Crippen LogP contribution in [0.3, 0.4) is 0 Å². The summed E-state index contributed by atoms with van der Waals surface area (Å²) in [6.07, 6.45) is 2.50. The largest absolute Gasteiger partial charge is 0.362 e. The maximum Gasteiger partial charge on any atom is 0.170 e. The zero-order valence-corrected chi connectivity index (χ0v) is 15.8. The molecule has 3 nitrogen and oxygen atoms in total. The van der Waals surface area contributed by atoms with Crippen LogP contribution in [0.2, 0.25) is 0 Å². The Labute approximate surface area is 148 Å². The minimum absolute atomic E-state index is 0.693. The van der Waals surface area contributed by atoms with E-state index < -0.39 is 0 Å². The quantitative estimate of drug-likeness (QED) is 0.590. The third-order valence-electron chi connectivity index (χ3n) is 3.96. The number of benzene rings is 1. The Hall–Kier alpha value is -0.650. The van der Waals surface area contributed by atoms with Crippen LogP contribution in [0.25, 0.3) is 0 Å². The summed E-state index contributed by atoms with van der Waals surface area (Å²) < 4.78 is 1.05. The van der Waals surface area contributed by atoms with Crippen LogP contribution >= 0.6 is 28.1 Å². The van der Waals surface area contributed by atoms with Crippen LogP contribution in [0.5, 0.6) is 0 Å². The Bertz CT molecular complexity index is 485. The van der Waals surface area contributed by atoms with E-state index in [2.05, 4.69) is 45.3 Å². The average Bonchev–Trinajstić information content (AvgIpc) is 2.42. The van der Waals surface area contributed by atoms with Crippen molar-refractivity contribution in [1.29, 1.82) is 0 Å². The number of piperidine rings is 1. The van der Waals surface area contributed by atoms with Crippen molar-refractivity contribution < 1.29 is 0 Å². The minimum Gasteiger partial charge on any atom is -0.362 e. The lowest BCUT2D eigenvalue weighted by Crippen LogP contribution is -2.40. The Morgan fingerprint density at radius 1 is 1.32 bits per heavy atom. The van der Waals surface area contributed by atoms with Gasteiger partial charge < -0.3 is 15.5 Å². The lowest BCUT2D eigenvalue weighted by Gasteiger charge is -2.35. The Kier molecular flexibility index (Phi) is 7.12. The van der Waals surface area contributed by atoms with Crippen molar-refractivity contribution in [2.45, 2.75) is 26.7 Å². The monoisotopic (exact) mass is 383 g/mol. The molecule has 1 aliphatic heterocycles. The molecule has 0 radical (unpaired) electrons. The highest BCUT2D eigenvalue weighted by Gasteiger charge is 2.20. The summed E-state index contributed by atoms with van der Waals surface area (Å²) in [5, 5.41) is 7.20. The maximum atomic E-state index is 5.34. The van der Waals surface area contributed by atoms with Gasteiger partial charge in [-0.1, -0.05) is 35.8 Å². The molecule has 2 atom stereocenters. The molecule has 2 rings (SSSR count). The fourth-order valence-electron chi connectivity index (χ4n) is 3.22. The molecule has 0 unspecified atom stereocenters. The van der Waals surface area contributed by atoms with E-state index >= 15 is 0 Å². The van der Waals surface area contributed by atoms with E-state index in [1.165, 1.54) is 19.5 Å². The number of halogens is 1. The van der Waals surface area contributed by atoms with E-state index in [4.69, 9.17) is 12.2 Å². The molecule has 1 heterocycles. The van der Waals surface area contributed by atoms with Crippen LogP contribution in [0.4, 0.5) is 5.69 Å². The van der Waals surface area contributed by atoms with Gasteiger partial charge in [0.2, 0.25) is 0 Å². The van der Waals surface area contributed by atoms with Gasteiger partial charge in [-0.15, -0.1) is 0 Å². The number of hydrogen-bond donors (Lipinski definition) is 2. The van der Waals surface area contributed by atoms with Gasteiger partial charge in [0.25, 0.3) is 0 Å². The van der Waals surface area contributed by atoms with Gasteiger partial charge in [-0.2, -0.15) is 0 Å². The van der Waals surface area contributed by atoms with Gasteiger partial charge in [-0.05, 0) is 61.6 Å². The van der Waals surface area contributed by atoms with Crippen molar-refractivity contribution >= 4 is 38.9 Å². The molecule has 0 spiro atoms. The number of anilines is 1. The smallest absolute Gasteiger partial charge is 0.170 e. The first-order valence-electron chi connectivity index (χ1n) is 8.05. The first kappa shape index (κ1) is 17.7.